The molecule has 6 nitrogen and oxygen atoms in total. The molecular formula is C22H22ClN3O3S. The Morgan fingerprint density at radius 3 is 2.53 bits per heavy atom. The lowest BCUT2D eigenvalue weighted by Gasteiger charge is -2.36. The van der Waals surface area contributed by atoms with Crippen molar-refractivity contribution < 1.29 is 14.3 Å². The molecule has 2 N–H and O–H groups in total. The minimum Gasteiger partial charge on any atom is -0.466 e. The van der Waals surface area contributed by atoms with Gasteiger partial charge in [-0.15, -0.1) is 0 Å². The van der Waals surface area contributed by atoms with Crippen LogP contribution in [0.1, 0.15) is 35.8 Å². The number of methoxy groups -OCH3 is 1. The third-order valence-electron chi connectivity index (χ3n) is 4.91. The first-order valence-corrected chi connectivity index (χ1v) is 10.2. The van der Waals surface area contributed by atoms with E-state index >= 15 is 0 Å². The molecule has 1 atom stereocenters. The first kappa shape index (κ1) is 21.8. The molecule has 1 heterocycles. The van der Waals surface area contributed by atoms with Crippen molar-refractivity contribution in [2.24, 2.45) is 0 Å². The Labute approximate surface area is 185 Å². The molecule has 0 aliphatic carbocycles. The SMILES string of the molecule is CCN1C(=S)NC(c2ccc(NC(=O)c3cccc(Cl)c3)cc2)C(C(=O)OC)=C1C. The molecule has 1 aliphatic heterocycles. The number of ether oxygens (including phenoxy) is 1. The zero-order valence-electron chi connectivity index (χ0n) is 16.9. The van der Waals surface area contributed by atoms with E-state index in [2.05, 4.69) is 10.6 Å². The molecule has 3 rings (SSSR count). The van der Waals surface area contributed by atoms with Crippen molar-refractivity contribution in [2.75, 3.05) is 19.0 Å². The average molecular weight is 444 g/mol. The standard InChI is InChI=1S/C22H22ClN3O3S/c1-4-26-13(2)18(21(28)29-3)19(25-22(26)30)14-8-10-17(11-9-14)24-20(27)15-6-5-7-16(23)12-15/h5-12,19H,4H2,1-3H3,(H,24,27)(H,25,30). The molecular weight excluding hydrogens is 422 g/mol. The van der Waals surface area contributed by atoms with Gasteiger partial charge in [0.15, 0.2) is 5.11 Å². The number of esters is 1. The molecule has 0 radical (unpaired) electrons. The van der Waals surface area contributed by atoms with Crippen LogP contribution in [0.25, 0.3) is 0 Å². The first-order valence-electron chi connectivity index (χ1n) is 9.39. The summed E-state index contributed by atoms with van der Waals surface area (Å²) in [7, 11) is 1.36. The maximum absolute atomic E-state index is 12.5. The highest BCUT2D eigenvalue weighted by molar-refractivity contribution is 7.80. The van der Waals surface area contributed by atoms with E-state index in [0.29, 0.717) is 33.5 Å². The lowest BCUT2D eigenvalue weighted by atomic mass is 9.95. The van der Waals surface area contributed by atoms with E-state index < -0.39 is 12.0 Å². The lowest BCUT2D eigenvalue weighted by molar-refractivity contribution is -0.136. The van der Waals surface area contributed by atoms with Crippen LogP contribution in [0.2, 0.25) is 5.02 Å². The second-order valence-corrected chi connectivity index (χ2v) is 7.53. The first-order chi connectivity index (χ1) is 14.3. The molecule has 30 heavy (non-hydrogen) atoms. The highest BCUT2D eigenvalue weighted by Gasteiger charge is 2.33. The van der Waals surface area contributed by atoms with Gasteiger partial charge in [0, 0.05) is 28.5 Å². The number of halogens is 1. The summed E-state index contributed by atoms with van der Waals surface area (Å²) >= 11 is 11.4. The quantitative estimate of drug-likeness (QED) is 0.530. The fourth-order valence-electron chi connectivity index (χ4n) is 3.38. The summed E-state index contributed by atoms with van der Waals surface area (Å²) in [6, 6.07) is 13.5. The second kappa shape index (κ2) is 9.28. The van der Waals surface area contributed by atoms with Crippen LogP contribution in [-0.4, -0.2) is 35.5 Å². The van der Waals surface area contributed by atoms with Crippen LogP contribution in [0.15, 0.2) is 59.8 Å². The predicted octanol–water partition coefficient (Wildman–Crippen LogP) is 4.29. The fraction of sp³-hybridized carbons (Fsp3) is 0.227. The van der Waals surface area contributed by atoms with Crippen molar-refractivity contribution in [1.29, 1.82) is 0 Å². The molecule has 156 valence electrons. The zero-order chi connectivity index (χ0) is 21.8. The Balaban J connectivity index is 1.85. The van der Waals surface area contributed by atoms with Crippen molar-refractivity contribution >= 4 is 46.5 Å². The summed E-state index contributed by atoms with van der Waals surface area (Å²) < 4.78 is 5.00. The van der Waals surface area contributed by atoms with Gasteiger partial charge >= 0.3 is 5.97 Å². The molecule has 8 heteroatoms. The van der Waals surface area contributed by atoms with Gasteiger partial charge in [0.1, 0.15) is 0 Å². The number of nitrogens with zero attached hydrogens (tertiary/aromatic N) is 1. The van der Waals surface area contributed by atoms with Crippen LogP contribution in [0, 0.1) is 0 Å². The highest BCUT2D eigenvalue weighted by atomic mass is 35.5. The smallest absolute Gasteiger partial charge is 0.337 e. The van der Waals surface area contributed by atoms with Crippen molar-refractivity contribution in [2.45, 2.75) is 19.9 Å². The normalized spacial score (nSPS) is 16.2. The Hall–Kier alpha value is -2.90. The summed E-state index contributed by atoms with van der Waals surface area (Å²) in [4.78, 5) is 26.7. The highest BCUT2D eigenvalue weighted by Crippen LogP contribution is 2.31. The molecule has 1 aliphatic rings. The van der Waals surface area contributed by atoms with Gasteiger partial charge in [-0.1, -0.05) is 29.8 Å². The molecule has 0 fully saturated rings. The minimum absolute atomic E-state index is 0.258. The van der Waals surface area contributed by atoms with Crippen LogP contribution >= 0.6 is 23.8 Å². The zero-order valence-corrected chi connectivity index (χ0v) is 18.4. The number of anilines is 1. The van der Waals surface area contributed by atoms with Crippen molar-refractivity contribution in [3.05, 3.63) is 76.0 Å². The van der Waals surface area contributed by atoms with E-state index in [9.17, 15) is 9.59 Å². The average Bonchev–Trinajstić information content (AvgIpc) is 2.73. The molecule has 0 aromatic heterocycles. The molecule has 0 saturated carbocycles. The van der Waals surface area contributed by atoms with Crippen LogP contribution in [0.5, 0.6) is 0 Å². The van der Waals surface area contributed by atoms with Crippen LogP contribution in [0.3, 0.4) is 0 Å². The molecule has 2 aromatic carbocycles. The predicted molar refractivity (Wildman–Crippen MR) is 121 cm³/mol. The van der Waals surface area contributed by atoms with Crippen LogP contribution in [-0.2, 0) is 9.53 Å². The number of amides is 1. The number of thiocarbonyl (C=S) groups is 1. The number of allylic oxidation sites excluding steroid dienone is 1. The van der Waals surface area contributed by atoms with Crippen molar-refractivity contribution in [3.63, 3.8) is 0 Å². The van der Waals surface area contributed by atoms with Gasteiger partial charge < -0.3 is 20.3 Å². The monoisotopic (exact) mass is 443 g/mol. The number of benzene rings is 2. The molecule has 0 bridgehead atoms. The Bertz CT molecular complexity index is 1020. The maximum atomic E-state index is 12.5. The van der Waals surface area contributed by atoms with E-state index in [4.69, 9.17) is 28.6 Å². The summed E-state index contributed by atoms with van der Waals surface area (Å²) in [6.07, 6.45) is 0. The molecule has 2 aromatic rings. The number of hydrogen-bond acceptors (Lipinski definition) is 4. The Morgan fingerprint density at radius 1 is 1.23 bits per heavy atom. The van der Waals surface area contributed by atoms with Gasteiger partial charge in [-0.25, -0.2) is 4.79 Å². The molecule has 0 saturated heterocycles. The lowest BCUT2D eigenvalue weighted by Crippen LogP contribution is -2.47. The number of nitrogens with one attached hydrogen (secondary N) is 2. The van der Waals surface area contributed by atoms with Gasteiger partial charge in [-0.05, 0) is 62.0 Å². The van der Waals surface area contributed by atoms with E-state index in [1.165, 1.54) is 7.11 Å². The third kappa shape index (κ3) is 4.47. The maximum Gasteiger partial charge on any atom is 0.337 e. The summed E-state index contributed by atoms with van der Waals surface area (Å²) in [5, 5.41) is 7.10. The molecule has 1 amide bonds. The Morgan fingerprint density at radius 2 is 1.93 bits per heavy atom. The molecule has 1 unspecified atom stereocenters. The van der Waals surface area contributed by atoms with Gasteiger partial charge in [-0.3, -0.25) is 4.79 Å². The van der Waals surface area contributed by atoms with E-state index in [1.54, 1.807) is 36.4 Å². The number of carbonyl (C=O) groups is 2. The van der Waals surface area contributed by atoms with Crippen molar-refractivity contribution in [3.8, 4) is 0 Å². The molecule has 0 spiro atoms. The van der Waals surface area contributed by atoms with Gasteiger partial charge in [0.2, 0.25) is 0 Å². The summed E-state index contributed by atoms with van der Waals surface area (Å²) in [5.74, 6) is -0.670. The van der Waals surface area contributed by atoms with E-state index in [1.807, 2.05) is 30.9 Å². The third-order valence-corrected chi connectivity index (χ3v) is 5.48. The number of rotatable bonds is 5. The second-order valence-electron chi connectivity index (χ2n) is 6.70. The Kier molecular flexibility index (Phi) is 6.74. The number of hydrogen-bond donors (Lipinski definition) is 2. The van der Waals surface area contributed by atoms with Crippen LogP contribution < -0.4 is 10.6 Å². The number of carbonyl (C=O) groups excluding carboxylic acids is 2. The van der Waals surface area contributed by atoms with E-state index in [-0.39, 0.29) is 5.91 Å². The largest absolute Gasteiger partial charge is 0.466 e. The van der Waals surface area contributed by atoms with Gasteiger partial charge in [0.05, 0.1) is 18.7 Å². The van der Waals surface area contributed by atoms with Gasteiger partial charge in [0.25, 0.3) is 5.91 Å². The topological polar surface area (TPSA) is 70.7 Å². The summed E-state index contributed by atoms with van der Waals surface area (Å²) in [6.45, 7) is 4.46. The van der Waals surface area contributed by atoms with Crippen molar-refractivity contribution in [1.82, 2.24) is 10.2 Å². The minimum atomic E-state index is -0.439. The van der Waals surface area contributed by atoms with E-state index in [0.717, 1.165) is 11.3 Å². The van der Waals surface area contributed by atoms with Crippen LogP contribution in [0.4, 0.5) is 5.69 Å². The van der Waals surface area contributed by atoms with Gasteiger partial charge in [-0.2, -0.15) is 0 Å². The fourth-order valence-corrected chi connectivity index (χ4v) is 3.95. The summed E-state index contributed by atoms with van der Waals surface area (Å²) in [5.41, 5.74) is 3.18.